The van der Waals surface area contributed by atoms with Crippen molar-refractivity contribution >= 4 is 17.5 Å². The van der Waals surface area contributed by atoms with Crippen molar-refractivity contribution in [2.75, 3.05) is 25.0 Å². The molecule has 31 heavy (non-hydrogen) atoms. The Labute approximate surface area is 181 Å². The van der Waals surface area contributed by atoms with Crippen LogP contribution in [0.3, 0.4) is 0 Å². The van der Waals surface area contributed by atoms with E-state index in [1.54, 1.807) is 24.3 Å². The number of benzene rings is 3. The van der Waals surface area contributed by atoms with Gasteiger partial charge in [-0.15, -0.1) is 0 Å². The molecule has 2 amide bonds. The zero-order chi connectivity index (χ0) is 21.8. The third kappa shape index (κ3) is 4.53. The molecule has 158 valence electrons. The van der Waals surface area contributed by atoms with Crippen LogP contribution in [0.2, 0.25) is 0 Å². The standard InChI is InChI=1S/C25H25N3O3/c1-27-13-14-28(16-20-8-2-4-11-22(20)27)25(30)19-9-6-7-18(15-19)17-31-23-12-5-3-10-21(23)24(26)29/h2-12,15H,13-14,16-17H2,1H3,(H2,26,29). The molecule has 0 aliphatic carbocycles. The summed E-state index contributed by atoms with van der Waals surface area (Å²) >= 11 is 0. The molecular formula is C25H25N3O3. The maximum atomic E-state index is 13.2. The summed E-state index contributed by atoms with van der Waals surface area (Å²) in [5.41, 5.74) is 9.51. The molecule has 0 unspecified atom stereocenters. The van der Waals surface area contributed by atoms with E-state index in [2.05, 4.69) is 24.1 Å². The lowest BCUT2D eigenvalue weighted by atomic mass is 10.1. The van der Waals surface area contributed by atoms with Crippen LogP contribution < -0.4 is 15.4 Å². The van der Waals surface area contributed by atoms with Crippen LogP contribution in [0.15, 0.2) is 72.8 Å². The Bertz CT molecular complexity index is 1110. The van der Waals surface area contributed by atoms with Gasteiger partial charge in [-0.05, 0) is 41.5 Å². The van der Waals surface area contributed by atoms with E-state index in [0.29, 0.717) is 30.0 Å². The van der Waals surface area contributed by atoms with Gasteiger partial charge in [0.05, 0.1) is 5.56 Å². The van der Waals surface area contributed by atoms with Gasteiger partial charge in [0.2, 0.25) is 0 Å². The minimum Gasteiger partial charge on any atom is -0.488 e. The fourth-order valence-corrected chi connectivity index (χ4v) is 3.80. The smallest absolute Gasteiger partial charge is 0.254 e. The molecule has 3 aromatic carbocycles. The lowest BCUT2D eigenvalue weighted by Gasteiger charge is -2.21. The third-order valence-corrected chi connectivity index (χ3v) is 5.48. The van der Waals surface area contributed by atoms with Gasteiger partial charge < -0.3 is 20.3 Å². The summed E-state index contributed by atoms with van der Waals surface area (Å²) in [6.07, 6.45) is 0. The molecule has 0 radical (unpaired) electrons. The van der Waals surface area contributed by atoms with Crippen LogP contribution >= 0.6 is 0 Å². The van der Waals surface area contributed by atoms with Gasteiger partial charge in [0, 0.05) is 37.9 Å². The number of para-hydroxylation sites is 2. The van der Waals surface area contributed by atoms with Crippen molar-refractivity contribution in [3.05, 3.63) is 95.1 Å². The molecule has 1 heterocycles. The zero-order valence-corrected chi connectivity index (χ0v) is 17.5. The summed E-state index contributed by atoms with van der Waals surface area (Å²) in [5.74, 6) is -0.116. The summed E-state index contributed by atoms with van der Waals surface area (Å²) < 4.78 is 5.81. The number of carbonyl (C=O) groups excluding carboxylic acids is 2. The normalized spacial score (nSPS) is 13.3. The molecule has 2 N–H and O–H groups in total. The average Bonchev–Trinajstić information content (AvgIpc) is 2.96. The number of carbonyl (C=O) groups is 2. The molecule has 1 aliphatic heterocycles. The fraction of sp³-hybridized carbons (Fsp3) is 0.200. The van der Waals surface area contributed by atoms with E-state index in [4.69, 9.17) is 10.5 Å². The van der Waals surface area contributed by atoms with E-state index in [1.165, 1.54) is 0 Å². The van der Waals surface area contributed by atoms with Gasteiger partial charge in [-0.3, -0.25) is 9.59 Å². The number of rotatable bonds is 5. The number of ether oxygens (including phenoxy) is 1. The minimum atomic E-state index is -0.536. The molecule has 0 bridgehead atoms. The Kier molecular flexibility index (Phi) is 5.89. The van der Waals surface area contributed by atoms with Crippen LogP contribution in [0.5, 0.6) is 5.75 Å². The van der Waals surface area contributed by atoms with Gasteiger partial charge >= 0.3 is 0 Å². The van der Waals surface area contributed by atoms with Gasteiger partial charge in [0.1, 0.15) is 12.4 Å². The second kappa shape index (κ2) is 8.92. The Balaban J connectivity index is 1.50. The number of nitrogens with two attached hydrogens (primary N) is 1. The van der Waals surface area contributed by atoms with Gasteiger partial charge in [-0.1, -0.05) is 42.5 Å². The van der Waals surface area contributed by atoms with Crippen LogP contribution in [0, 0.1) is 0 Å². The number of likely N-dealkylation sites (N-methyl/N-ethyl adjacent to an activating group) is 1. The maximum absolute atomic E-state index is 13.2. The van der Waals surface area contributed by atoms with Crippen molar-refractivity contribution in [3.8, 4) is 5.75 Å². The zero-order valence-electron chi connectivity index (χ0n) is 17.5. The van der Waals surface area contributed by atoms with Gasteiger partial charge in [-0.25, -0.2) is 0 Å². The molecule has 0 atom stereocenters. The first-order chi connectivity index (χ1) is 15.0. The number of hydrogen-bond acceptors (Lipinski definition) is 4. The summed E-state index contributed by atoms with van der Waals surface area (Å²) in [6.45, 7) is 2.23. The van der Waals surface area contributed by atoms with Crippen molar-refractivity contribution in [1.82, 2.24) is 4.90 Å². The van der Waals surface area contributed by atoms with Crippen LogP contribution in [0.25, 0.3) is 0 Å². The lowest BCUT2D eigenvalue weighted by molar-refractivity contribution is 0.0751. The number of anilines is 1. The van der Waals surface area contributed by atoms with E-state index >= 15 is 0 Å². The highest BCUT2D eigenvalue weighted by Crippen LogP contribution is 2.25. The van der Waals surface area contributed by atoms with Crippen LogP contribution in [0.1, 0.15) is 31.8 Å². The molecular weight excluding hydrogens is 390 g/mol. The van der Waals surface area contributed by atoms with Crippen molar-refractivity contribution in [2.45, 2.75) is 13.2 Å². The second-order valence-electron chi connectivity index (χ2n) is 7.63. The summed E-state index contributed by atoms with van der Waals surface area (Å²) in [5, 5.41) is 0. The molecule has 3 aromatic rings. The molecule has 0 saturated carbocycles. The Morgan fingerprint density at radius 1 is 0.968 bits per heavy atom. The van der Waals surface area contributed by atoms with Gasteiger partial charge in [-0.2, -0.15) is 0 Å². The van der Waals surface area contributed by atoms with E-state index in [0.717, 1.165) is 23.4 Å². The van der Waals surface area contributed by atoms with Crippen molar-refractivity contribution < 1.29 is 14.3 Å². The lowest BCUT2D eigenvalue weighted by Crippen LogP contribution is -2.34. The van der Waals surface area contributed by atoms with Crippen LogP contribution in [-0.4, -0.2) is 36.9 Å². The van der Waals surface area contributed by atoms with Gasteiger partial charge in [0.15, 0.2) is 0 Å². The monoisotopic (exact) mass is 415 g/mol. The molecule has 0 aromatic heterocycles. The molecule has 0 saturated heterocycles. The highest BCUT2D eigenvalue weighted by Gasteiger charge is 2.22. The second-order valence-corrected chi connectivity index (χ2v) is 7.63. The van der Waals surface area contributed by atoms with E-state index in [9.17, 15) is 9.59 Å². The van der Waals surface area contributed by atoms with Crippen molar-refractivity contribution in [3.63, 3.8) is 0 Å². The predicted octanol–water partition coefficient (Wildman–Crippen LogP) is 3.46. The minimum absolute atomic E-state index is 0.00973. The Morgan fingerprint density at radius 2 is 1.74 bits per heavy atom. The quantitative estimate of drug-likeness (QED) is 0.693. The topological polar surface area (TPSA) is 75.9 Å². The Hall–Kier alpha value is -3.80. The molecule has 0 fully saturated rings. The third-order valence-electron chi connectivity index (χ3n) is 5.48. The number of amides is 2. The maximum Gasteiger partial charge on any atom is 0.254 e. The molecule has 1 aliphatic rings. The molecule has 6 nitrogen and oxygen atoms in total. The fourth-order valence-electron chi connectivity index (χ4n) is 3.80. The van der Waals surface area contributed by atoms with Crippen LogP contribution in [0.4, 0.5) is 5.69 Å². The SMILES string of the molecule is CN1CCN(C(=O)c2cccc(COc3ccccc3C(N)=O)c2)Cc2ccccc21. The number of fused-ring (bicyclic) bond motifs is 1. The summed E-state index contributed by atoms with van der Waals surface area (Å²) in [7, 11) is 2.05. The number of primary amides is 1. The van der Waals surface area contributed by atoms with Crippen LogP contribution in [-0.2, 0) is 13.2 Å². The van der Waals surface area contributed by atoms with Crippen molar-refractivity contribution in [2.24, 2.45) is 5.73 Å². The highest BCUT2D eigenvalue weighted by molar-refractivity contribution is 5.95. The summed E-state index contributed by atoms with van der Waals surface area (Å²) in [4.78, 5) is 28.9. The molecule has 4 rings (SSSR count). The first-order valence-corrected chi connectivity index (χ1v) is 10.2. The summed E-state index contributed by atoms with van der Waals surface area (Å²) in [6, 6.07) is 22.5. The van der Waals surface area contributed by atoms with E-state index < -0.39 is 5.91 Å². The first kappa shape index (κ1) is 20.5. The number of hydrogen-bond donors (Lipinski definition) is 1. The highest BCUT2D eigenvalue weighted by atomic mass is 16.5. The van der Waals surface area contributed by atoms with E-state index in [-0.39, 0.29) is 12.5 Å². The van der Waals surface area contributed by atoms with Crippen molar-refractivity contribution in [1.29, 1.82) is 0 Å². The average molecular weight is 415 g/mol. The molecule has 6 heteroatoms. The Morgan fingerprint density at radius 3 is 2.58 bits per heavy atom. The largest absolute Gasteiger partial charge is 0.488 e. The predicted molar refractivity (Wildman–Crippen MR) is 120 cm³/mol. The number of nitrogens with zero attached hydrogens (tertiary/aromatic N) is 2. The van der Waals surface area contributed by atoms with E-state index in [1.807, 2.05) is 41.3 Å². The first-order valence-electron chi connectivity index (χ1n) is 10.2. The van der Waals surface area contributed by atoms with Gasteiger partial charge in [0.25, 0.3) is 11.8 Å². The molecule has 0 spiro atoms.